The van der Waals surface area contributed by atoms with E-state index in [9.17, 15) is 9.18 Å². The summed E-state index contributed by atoms with van der Waals surface area (Å²) in [6, 6.07) is 4.29. The fourth-order valence-electron chi connectivity index (χ4n) is 2.01. The largest absolute Gasteiger partial charge is 0.493 e. The third-order valence-corrected chi connectivity index (χ3v) is 2.82. The molecule has 1 amide bonds. The van der Waals surface area contributed by atoms with E-state index in [2.05, 4.69) is 5.32 Å². The first-order chi connectivity index (χ1) is 8.20. The zero-order chi connectivity index (χ0) is 12.3. The molecule has 3 nitrogen and oxygen atoms in total. The molecule has 0 fully saturated rings. The van der Waals surface area contributed by atoms with Gasteiger partial charge in [-0.25, -0.2) is 4.39 Å². The van der Waals surface area contributed by atoms with Crippen molar-refractivity contribution >= 4 is 5.91 Å². The fraction of sp³-hybridized carbons (Fsp3) is 0.462. The number of carbonyl (C=O) groups excluding carboxylic acids is 1. The molecule has 0 saturated carbocycles. The lowest BCUT2D eigenvalue weighted by Crippen LogP contribution is -2.32. The van der Waals surface area contributed by atoms with Crippen LogP contribution in [0.4, 0.5) is 4.39 Å². The smallest absolute Gasteiger partial charge is 0.220 e. The first-order valence-corrected chi connectivity index (χ1v) is 5.92. The summed E-state index contributed by atoms with van der Waals surface area (Å²) < 4.78 is 18.6. The Labute approximate surface area is 100.0 Å². The van der Waals surface area contributed by atoms with Crippen molar-refractivity contribution in [2.75, 3.05) is 6.61 Å². The minimum atomic E-state index is -0.302. The zero-order valence-corrected chi connectivity index (χ0v) is 9.83. The van der Waals surface area contributed by atoms with E-state index in [4.69, 9.17) is 4.74 Å². The van der Waals surface area contributed by atoms with Gasteiger partial charge in [-0.1, -0.05) is 6.92 Å². The average molecular weight is 237 g/mol. The Kier molecular flexibility index (Phi) is 3.61. The van der Waals surface area contributed by atoms with Gasteiger partial charge >= 0.3 is 0 Å². The number of carbonyl (C=O) groups is 1. The van der Waals surface area contributed by atoms with Crippen molar-refractivity contribution in [1.82, 2.24) is 5.32 Å². The third kappa shape index (κ3) is 2.75. The molecule has 1 heterocycles. The molecule has 2 rings (SSSR count). The molecule has 0 bridgehead atoms. The van der Waals surface area contributed by atoms with E-state index in [1.165, 1.54) is 12.1 Å². The molecule has 1 aromatic carbocycles. The third-order valence-electron chi connectivity index (χ3n) is 2.82. The van der Waals surface area contributed by atoms with Gasteiger partial charge in [0.2, 0.25) is 5.91 Å². The van der Waals surface area contributed by atoms with Gasteiger partial charge in [0, 0.05) is 18.4 Å². The molecule has 17 heavy (non-hydrogen) atoms. The van der Waals surface area contributed by atoms with Crippen LogP contribution in [0.5, 0.6) is 5.75 Å². The number of fused-ring (bicyclic) bond motifs is 1. The van der Waals surface area contributed by atoms with Crippen molar-refractivity contribution < 1.29 is 13.9 Å². The Morgan fingerprint density at radius 3 is 3.18 bits per heavy atom. The Morgan fingerprint density at radius 1 is 1.59 bits per heavy atom. The van der Waals surface area contributed by atoms with Gasteiger partial charge in [0.25, 0.3) is 0 Å². The van der Waals surface area contributed by atoms with E-state index in [-0.39, 0.29) is 17.8 Å². The Morgan fingerprint density at radius 2 is 2.41 bits per heavy atom. The number of hydrogen-bond donors (Lipinski definition) is 1. The molecule has 1 aliphatic rings. The van der Waals surface area contributed by atoms with Crippen molar-refractivity contribution in [3.8, 4) is 5.75 Å². The maximum absolute atomic E-state index is 13.2. The molecular formula is C13H16FNO2. The van der Waals surface area contributed by atoms with Gasteiger partial charge in [0.15, 0.2) is 0 Å². The van der Waals surface area contributed by atoms with Gasteiger partial charge in [0.1, 0.15) is 11.6 Å². The lowest BCUT2D eigenvalue weighted by molar-refractivity contribution is -0.122. The first-order valence-electron chi connectivity index (χ1n) is 5.92. The number of benzene rings is 1. The van der Waals surface area contributed by atoms with Crippen LogP contribution < -0.4 is 10.1 Å². The van der Waals surface area contributed by atoms with Gasteiger partial charge in [-0.15, -0.1) is 0 Å². The number of nitrogens with one attached hydrogen (secondary N) is 1. The standard InChI is InChI=1S/C13H16FNO2/c1-2-3-13(16)15-11-6-7-17-12-5-4-9(14)8-10(11)12/h4-5,8,11H,2-3,6-7H2,1H3,(H,15,16). The van der Waals surface area contributed by atoms with E-state index >= 15 is 0 Å². The quantitative estimate of drug-likeness (QED) is 0.877. The summed E-state index contributed by atoms with van der Waals surface area (Å²) in [5.74, 6) is 0.373. The molecule has 1 unspecified atom stereocenters. The van der Waals surface area contributed by atoms with Crippen LogP contribution >= 0.6 is 0 Å². The highest BCUT2D eigenvalue weighted by atomic mass is 19.1. The highest BCUT2D eigenvalue weighted by molar-refractivity contribution is 5.76. The summed E-state index contributed by atoms with van der Waals surface area (Å²) in [7, 11) is 0. The Hall–Kier alpha value is -1.58. The number of hydrogen-bond acceptors (Lipinski definition) is 2. The predicted molar refractivity (Wildman–Crippen MR) is 62.3 cm³/mol. The number of rotatable bonds is 3. The van der Waals surface area contributed by atoms with Crippen LogP contribution in [-0.2, 0) is 4.79 Å². The maximum atomic E-state index is 13.2. The monoisotopic (exact) mass is 237 g/mol. The maximum Gasteiger partial charge on any atom is 0.220 e. The number of amides is 1. The predicted octanol–water partition coefficient (Wildman–Crippen LogP) is 2.57. The van der Waals surface area contributed by atoms with E-state index in [0.717, 1.165) is 12.0 Å². The van der Waals surface area contributed by atoms with Crippen molar-refractivity contribution in [2.45, 2.75) is 32.2 Å². The van der Waals surface area contributed by atoms with Crippen LogP contribution in [0.15, 0.2) is 18.2 Å². The van der Waals surface area contributed by atoms with E-state index in [0.29, 0.717) is 25.2 Å². The summed E-state index contributed by atoms with van der Waals surface area (Å²) >= 11 is 0. The molecule has 1 atom stereocenters. The second-order valence-electron chi connectivity index (χ2n) is 4.19. The average Bonchev–Trinajstić information content (AvgIpc) is 2.30. The highest BCUT2D eigenvalue weighted by Crippen LogP contribution is 2.32. The molecule has 1 N–H and O–H groups in total. The SMILES string of the molecule is CCCC(=O)NC1CCOc2ccc(F)cc21. The van der Waals surface area contributed by atoms with Gasteiger partial charge in [0.05, 0.1) is 12.6 Å². The Balaban J connectivity index is 2.16. The molecular weight excluding hydrogens is 221 g/mol. The van der Waals surface area contributed by atoms with Crippen LogP contribution in [0, 0.1) is 5.82 Å². The van der Waals surface area contributed by atoms with E-state index in [1.807, 2.05) is 6.92 Å². The lowest BCUT2D eigenvalue weighted by atomic mass is 10.00. The van der Waals surface area contributed by atoms with E-state index < -0.39 is 0 Å². The van der Waals surface area contributed by atoms with Crippen molar-refractivity contribution in [2.24, 2.45) is 0 Å². The number of ether oxygens (including phenoxy) is 1. The van der Waals surface area contributed by atoms with Gasteiger partial charge in [-0.05, 0) is 24.6 Å². The topological polar surface area (TPSA) is 38.3 Å². The minimum absolute atomic E-state index is 0.00890. The molecule has 0 aliphatic carbocycles. The minimum Gasteiger partial charge on any atom is -0.493 e. The molecule has 4 heteroatoms. The summed E-state index contributed by atoms with van der Waals surface area (Å²) in [6.07, 6.45) is 2.00. The lowest BCUT2D eigenvalue weighted by Gasteiger charge is -2.26. The second-order valence-corrected chi connectivity index (χ2v) is 4.19. The summed E-state index contributed by atoms with van der Waals surface area (Å²) in [4.78, 5) is 11.6. The molecule has 0 saturated heterocycles. The van der Waals surface area contributed by atoms with Crippen LogP contribution in [0.1, 0.15) is 37.8 Å². The first kappa shape index (κ1) is 11.9. The summed E-state index contributed by atoms with van der Waals surface area (Å²) in [5, 5.41) is 2.92. The highest BCUT2D eigenvalue weighted by Gasteiger charge is 2.23. The van der Waals surface area contributed by atoms with Crippen LogP contribution in [-0.4, -0.2) is 12.5 Å². The zero-order valence-electron chi connectivity index (χ0n) is 9.83. The van der Waals surface area contributed by atoms with Crippen molar-refractivity contribution in [3.05, 3.63) is 29.6 Å². The normalized spacial score (nSPS) is 18.1. The van der Waals surface area contributed by atoms with Crippen LogP contribution in [0.25, 0.3) is 0 Å². The molecule has 1 aliphatic heterocycles. The van der Waals surface area contributed by atoms with Crippen molar-refractivity contribution in [1.29, 1.82) is 0 Å². The molecule has 0 spiro atoms. The molecule has 0 radical (unpaired) electrons. The Bertz CT molecular complexity index is 420. The van der Waals surface area contributed by atoms with Crippen LogP contribution in [0.3, 0.4) is 0 Å². The van der Waals surface area contributed by atoms with Gasteiger partial charge in [-0.2, -0.15) is 0 Å². The van der Waals surface area contributed by atoms with Crippen LogP contribution in [0.2, 0.25) is 0 Å². The fourth-order valence-corrected chi connectivity index (χ4v) is 2.01. The number of halogens is 1. The summed E-state index contributed by atoms with van der Waals surface area (Å²) in [5.41, 5.74) is 0.737. The van der Waals surface area contributed by atoms with Gasteiger partial charge < -0.3 is 10.1 Å². The second kappa shape index (κ2) is 5.17. The summed E-state index contributed by atoms with van der Waals surface area (Å²) in [6.45, 7) is 2.51. The molecule has 0 aromatic heterocycles. The van der Waals surface area contributed by atoms with Gasteiger partial charge in [-0.3, -0.25) is 4.79 Å². The molecule has 92 valence electrons. The molecule has 1 aromatic rings. The van der Waals surface area contributed by atoms with E-state index in [1.54, 1.807) is 6.07 Å². The van der Waals surface area contributed by atoms with Crippen molar-refractivity contribution in [3.63, 3.8) is 0 Å².